The van der Waals surface area contributed by atoms with Crippen molar-refractivity contribution in [3.05, 3.63) is 78.5 Å². The maximum atomic E-state index is 13.9. The Morgan fingerprint density at radius 1 is 1.03 bits per heavy atom. The largest absolute Gasteiger partial charge is 0.493 e. The van der Waals surface area contributed by atoms with Gasteiger partial charge in [-0.2, -0.15) is 0 Å². The summed E-state index contributed by atoms with van der Waals surface area (Å²) in [7, 11) is 4.67. The van der Waals surface area contributed by atoms with Gasteiger partial charge >= 0.3 is 5.97 Å². The smallest absolute Gasteiger partial charge is 0.338 e. The van der Waals surface area contributed by atoms with Gasteiger partial charge in [-0.3, -0.25) is 9.36 Å². The van der Waals surface area contributed by atoms with E-state index in [0.29, 0.717) is 49.2 Å². The first-order valence-electron chi connectivity index (χ1n) is 12.5. The second kappa shape index (κ2) is 11.8. The molecule has 2 heterocycles. The Morgan fingerprint density at radius 3 is 2.33 bits per heavy atom. The number of hydrogen-bond acceptors (Lipinski definition) is 9. The normalized spacial score (nSPS) is 15.1. The van der Waals surface area contributed by atoms with E-state index in [1.54, 1.807) is 65.5 Å². The second-order valence-corrected chi connectivity index (χ2v) is 10.0. The van der Waals surface area contributed by atoms with E-state index in [1.165, 1.54) is 15.9 Å². The van der Waals surface area contributed by atoms with Crippen molar-refractivity contribution < 1.29 is 28.5 Å². The number of carbonyl (C=O) groups excluding carboxylic acids is 1. The predicted octanol–water partition coefficient (Wildman–Crippen LogP) is 3.61. The van der Waals surface area contributed by atoms with Gasteiger partial charge in [0.2, 0.25) is 0 Å². The third-order valence-corrected chi connectivity index (χ3v) is 7.07. The molecule has 1 aromatic heterocycles. The lowest BCUT2D eigenvalue weighted by Gasteiger charge is -2.25. The quantitative estimate of drug-likeness (QED) is 0.374. The number of hydrogen-bond donors (Lipinski definition) is 0. The molecule has 10 heteroatoms. The molecule has 3 aromatic rings. The number of ether oxygens (including phenoxy) is 5. The van der Waals surface area contributed by atoms with Gasteiger partial charge in [0.1, 0.15) is 0 Å². The number of esters is 1. The number of benzene rings is 2. The van der Waals surface area contributed by atoms with Gasteiger partial charge in [-0.1, -0.05) is 23.5 Å². The molecule has 0 bridgehead atoms. The molecule has 0 radical (unpaired) electrons. The van der Waals surface area contributed by atoms with Gasteiger partial charge in [0.05, 0.1) is 55.9 Å². The van der Waals surface area contributed by atoms with Crippen LogP contribution in [0.2, 0.25) is 0 Å². The molecule has 0 amide bonds. The molecule has 1 aliphatic heterocycles. The molecule has 39 heavy (non-hydrogen) atoms. The van der Waals surface area contributed by atoms with E-state index in [2.05, 4.69) is 4.99 Å². The maximum Gasteiger partial charge on any atom is 0.338 e. The number of thiazole rings is 1. The molecule has 9 nitrogen and oxygen atoms in total. The molecular formula is C29H32N2O7S. The average molecular weight is 553 g/mol. The van der Waals surface area contributed by atoms with Crippen LogP contribution in [0.1, 0.15) is 44.9 Å². The average Bonchev–Trinajstić information content (AvgIpc) is 3.21. The summed E-state index contributed by atoms with van der Waals surface area (Å²) in [4.78, 5) is 32.1. The van der Waals surface area contributed by atoms with Crippen molar-refractivity contribution in [3.8, 4) is 23.0 Å². The Balaban J connectivity index is 1.93. The standard InChI is InChI=1S/C29H32N2O7S/c1-8-37-28(33)25-17(4)30-29-31(26(25)19-10-12-21(38-16(2)3)23(15-19)36-7)27(32)24(39-29)14-18-9-11-20(34-5)22(13-18)35-6/h9-16,26H,8H2,1-7H3/b24-14-/t26-/m1/s1. The Hall–Kier alpha value is -4.05. The molecule has 0 spiro atoms. The van der Waals surface area contributed by atoms with Gasteiger partial charge < -0.3 is 23.7 Å². The molecule has 0 aliphatic carbocycles. The highest BCUT2D eigenvalue weighted by Gasteiger charge is 2.34. The number of allylic oxidation sites excluding steroid dienone is 1. The topological polar surface area (TPSA) is 97.6 Å². The zero-order chi connectivity index (χ0) is 28.3. The van der Waals surface area contributed by atoms with Gasteiger partial charge in [0.15, 0.2) is 27.8 Å². The molecular weight excluding hydrogens is 520 g/mol. The summed E-state index contributed by atoms with van der Waals surface area (Å²) >= 11 is 1.24. The minimum absolute atomic E-state index is 0.0590. The monoisotopic (exact) mass is 552 g/mol. The number of nitrogens with zero attached hydrogens (tertiary/aromatic N) is 2. The fourth-order valence-corrected chi connectivity index (χ4v) is 5.45. The second-order valence-electron chi connectivity index (χ2n) is 8.99. The summed E-state index contributed by atoms with van der Waals surface area (Å²) in [6, 6.07) is 10.0. The summed E-state index contributed by atoms with van der Waals surface area (Å²) < 4.78 is 29.6. The molecule has 206 valence electrons. The lowest BCUT2D eigenvalue weighted by molar-refractivity contribution is -0.139. The summed E-state index contributed by atoms with van der Waals surface area (Å²) in [5, 5.41) is 0. The van der Waals surface area contributed by atoms with Gasteiger partial charge in [0, 0.05) is 0 Å². The number of carbonyl (C=O) groups is 1. The predicted molar refractivity (Wildman–Crippen MR) is 149 cm³/mol. The van der Waals surface area contributed by atoms with Gasteiger partial charge in [-0.15, -0.1) is 0 Å². The third kappa shape index (κ3) is 5.56. The van der Waals surface area contributed by atoms with Gasteiger partial charge in [-0.05, 0) is 69.2 Å². The summed E-state index contributed by atoms with van der Waals surface area (Å²) in [5.41, 5.74) is 1.92. The fraction of sp³-hybridized carbons (Fsp3) is 0.345. The van der Waals surface area contributed by atoms with Crippen molar-refractivity contribution >= 4 is 23.4 Å². The molecule has 0 N–H and O–H groups in total. The van der Waals surface area contributed by atoms with Gasteiger partial charge in [-0.25, -0.2) is 9.79 Å². The molecule has 4 rings (SSSR count). The van der Waals surface area contributed by atoms with Crippen LogP contribution < -0.4 is 33.8 Å². The van der Waals surface area contributed by atoms with Crippen LogP contribution in [0.15, 0.2) is 57.5 Å². The highest BCUT2D eigenvalue weighted by atomic mass is 32.1. The van der Waals surface area contributed by atoms with Crippen molar-refractivity contribution in [2.75, 3.05) is 27.9 Å². The minimum atomic E-state index is -0.769. The minimum Gasteiger partial charge on any atom is -0.493 e. The molecule has 0 saturated carbocycles. The number of methoxy groups -OCH3 is 3. The highest BCUT2D eigenvalue weighted by molar-refractivity contribution is 7.07. The van der Waals surface area contributed by atoms with E-state index in [-0.39, 0.29) is 18.3 Å². The van der Waals surface area contributed by atoms with Crippen LogP contribution in [0.5, 0.6) is 23.0 Å². The van der Waals surface area contributed by atoms with Crippen molar-refractivity contribution in [1.29, 1.82) is 0 Å². The zero-order valence-corrected chi connectivity index (χ0v) is 23.9. The van der Waals surface area contributed by atoms with Crippen LogP contribution in [0.25, 0.3) is 6.08 Å². The van der Waals surface area contributed by atoms with Crippen LogP contribution in [0.3, 0.4) is 0 Å². The van der Waals surface area contributed by atoms with Crippen LogP contribution in [0.4, 0.5) is 0 Å². The Bertz CT molecular complexity index is 1600. The van der Waals surface area contributed by atoms with E-state index in [4.69, 9.17) is 23.7 Å². The zero-order valence-electron chi connectivity index (χ0n) is 23.1. The third-order valence-electron chi connectivity index (χ3n) is 6.09. The van der Waals surface area contributed by atoms with E-state index in [0.717, 1.165) is 5.56 Å². The Labute approximate surface area is 230 Å². The van der Waals surface area contributed by atoms with Crippen molar-refractivity contribution in [2.45, 2.75) is 39.8 Å². The van der Waals surface area contributed by atoms with Crippen molar-refractivity contribution in [1.82, 2.24) is 4.57 Å². The fourth-order valence-electron chi connectivity index (χ4n) is 4.41. The Morgan fingerprint density at radius 2 is 1.69 bits per heavy atom. The van der Waals surface area contributed by atoms with Crippen LogP contribution in [-0.2, 0) is 9.53 Å². The number of rotatable bonds is 9. The van der Waals surface area contributed by atoms with Crippen LogP contribution in [-0.4, -0.2) is 44.6 Å². The molecule has 0 unspecified atom stereocenters. The molecule has 1 aliphatic rings. The van der Waals surface area contributed by atoms with Gasteiger partial charge in [0.25, 0.3) is 5.56 Å². The van der Waals surface area contributed by atoms with E-state index in [9.17, 15) is 9.59 Å². The number of aromatic nitrogens is 1. The summed E-state index contributed by atoms with van der Waals surface area (Å²) in [6.45, 7) is 7.53. The first kappa shape index (κ1) is 28.0. The van der Waals surface area contributed by atoms with Crippen molar-refractivity contribution in [3.63, 3.8) is 0 Å². The molecule has 1 atom stereocenters. The highest BCUT2D eigenvalue weighted by Crippen LogP contribution is 2.36. The molecule has 2 aromatic carbocycles. The maximum absolute atomic E-state index is 13.9. The molecule has 0 saturated heterocycles. The lowest BCUT2D eigenvalue weighted by atomic mass is 9.95. The van der Waals surface area contributed by atoms with E-state index >= 15 is 0 Å². The van der Waals surface area contributed by atoms with E-state index < -0.39 is 12.0 Å². The molecule has 0 fully saturated rings. The first-order valence-corrected chi connectivity index (χ1v) is 13.3. The van der Waals surface area contributed by atoms with Crippen molar-refractivity contribution in [2.24, 2.45) is 4.99 Å². The SMILES string of the molecule is CCOC(=O)C1=C(C)N=c2s/c(=C\c3ccc(OC)c(OC)c3)c(=O)n2[C@@H]1c1ccc(OC(C)C)c(OC)c1. The summed E-state index contributed by atoms with van der Waals surface area (Å²) in [5.74, 6) is 1.67. The Kier molecular flexibility index (Phi) is 8.44. The number of fused-ring (bicyclic) bond motifs is 1. The van der Waals surface area contributed by atoms with Crippen LogP contribution >= 0.6 is 11.3 Å². The summed E-state index contributed by atoms with van der Waals surface area (Å²) in [6.07, 6.45) is 1.71. The lowest BCUT2D eigenvalue weighted by Crippen LogP contribution is -2.40. The van der Waals surface area contributed by atoms with E-state index in [1.807, 2.05) is 26.0 Å². The van der Waals surface area contributed by atoms with Crippen LogP contribution in [0, 0.1) is 0 Å². The first-order chi connectivity index (χ1) is 18.7.